The van der Waals surface area contributed by atoms with Crippen molar-refractivity contribution in [1.82, 2.24) is 9.97 Å². The molecule has 4 heteroatoms. The van der Waals surface area contributed by atoms with Gasteiger partial charge in [0.25, 0.3) is 0 Å². The summed E-state index contributed by atoms with van der Waals surface area (Å²) in [5, 5.41) is 4.20. The van der Waals surface area contributed by atoms with E-state index in [1.165, 1.54) is 0 Å². The van der Waals surface area contributed by atoms with Gasteiger partial charge in [-0.25, -0.2) is 9.97 Å². The first-order chi connectivity index (χ1) is 7.25. The van der Waals surface area contributed by atoms with Crippen LogP contribution in [0.4, 0.5) is 5.95 Å². The third-order valence-electron chi connectivity index (χ3n) is 2.03. The molecular formula is C11H12ClN3. The molecule has 0 aliphatic rings. The second-order valence-electron chi connectivity index (χ2n) is 3.41. The number of alkyl halides is 1. The van der Waals surface area contributed by atoms with Gasteiger partial charge in [-0.1, -0.05) is 18.2 Å². The molecule has 1 N–H and O–H groups in total. The molecule has 0 aliphatic carbocycles. The summed E-state index contributed by atoms with van der Waals surface area (Å²) >= 11 is 5.83. The van der Waals surface area contributed by atoms with Gasteiger partial charge in [0.1, 0.15) is 0 Å². The van der Waals surface area contributed by atoms with Crippen molar-refractivity contribution in [1.29, 1.82) is 0 Å². The number of benzene rings is 1. The normalized spacial score (nSPS) is 12.7. The summed E-state index contributed by atoms with van der Waals surface area (Å²) in [5.74, 6) is 0.626. The van der Waals surface area contributed by atoms with E-state index in [0.717, 1.165) is 10.9 Å². The second-order valence-corrected chi connectivity index (χ2v) is 4.16. The highest BCUT2D eigenvalue weighted by Crippen LogP contribution is 2.11. The zero-order valence-electron chi connectivity index (χ0n) is 8.44. The molecule has 0 fully saturated rings. The van der Waals surface area contributed by atoms with Crippen LogP contribution in [0.15, 0.2) is 30.5 Å². The van der Waals surface area contributed by atoms with Crippen molar-refractivity contribution in [2.45, 2.75) is 12.3 Å². The fourth-order valence-corrected chi connectivity index (χ4v) is 1.37. The van der Waals surface area contributed by atoms with Crippen LogP contribution in [0.2, 0.25) is 0 Å². The van der Waals surface area contributed by atoms with Gasteiger partial charge < -0.3 is 5.32 Å². The second kappa shape index (κ2) is 4.45. The van der Waals surface area contributed by atoms with Gasteiger partial charge in [-0.3, -0.25) is 0 Å². The Balaban J connectivity index is 2.23. The predicted octanol–water partition coefficient (Wildman–Crippen LogP) is 2.67. The summed E-state index contributed by atoms with van der Waals surface area (Å²) in [7, 11) is 0. The first-order valence-corrected chi connectivity index (χ1v) is 5.29. The number of rotatable bonds is 3. The van der Waals surface area contributed by atoms with Crippen LogP contribution in [0.1, 0.15) is 6.92 Å². The molecule has 0 aliphatic heterocycles. The summed E-state index contributed by atoms with van der Waals surface area (Å²) in [6.45, 7) is 2.59. The van der Waals surface area contributed by atoms with Gasteiger partial charge in [0.15, 0.2) is 0 Å². The maximum atomic E-state index is 5.83. The Morgan fingerprint density at radius 1 is 1.40 bits per heavy atom. The van der Waals surface area contributed by atoms with Crippen molar-refractivity contribution in [3.8, 4) is 0 Å². The summed E-state index contributed by atoms with van der Waals surface area (Å²) in [6, 6.07) is 7.89. The predicted molar refractivity (Wildman–Crippen MR) is 63.3 cm³/mol. The maximum Gasteiger partial charge on any atom is 0.223 e. The summed E-state index contributed by atoms with van der Waals surface area (Å²) < 4.78 is 0. The van der Waals surface area contributed by atoms with Crippen LogP contribution in [-0.2, 0) is 0 Å². The zero-order chi connectivity index (χ0) is 10.7. The van der Waals surface area contributed by atoms with Crippen molar-refractivity contribution < 1.29 is 0 Å². The Labute approximate surface area is 93.5 Å². The van der Waals surface area contributed by atoms with Crippen LogP contribution in [0.25, 0.3) is 10.9 Å². The number of nitrogens with zero attached hydrogens (tertiary/aromatic N) is 2. The number of nitrogens with one attached hydrogen (secondary N) is 1. The Morgan fingerprint density at radius 3 is 3.00 bits per heavy atom. The number of aromatic nitrogens is 2. The maximum absolute atomic E-state index is 5.83. The fraction of sp³-hybridized carbons (Fsp3) is 0.273. The molecule has 15 heavy (non-hydrogen) atoms. The number of fused-ring (bicyclic) bond motifs is 1. The lowest BCUT2D eigenvalue weighted by molar-refractivity contribution is 0.965. The van der Waals surface area contributed by atoms with Gasteiger partial charge >= 0.3 is 0 Å². The van der Waals surface area contributed by atoms with Gasteiger partial charge in [-0.2, -0.15) is 0 Å². The number of hydrogen-bond donors (Lipinski definition) is 1. The average Bonchev–Trinajstić information content (AvgIpc) is 2.26. The first kappa shape index (κ1) is 10.2. The van der Waals surface area contributed by atoms with Crippen molar-refractivity contribution in [3.05, 3.63) is 30.5 Å². The number of halogens is 1. The van der Waals surface area contributed by atoms with E-state index in [1.54, 1.807) is 0 Å². The number of anilines is 1. The third-order valence-corrected chi connectivity index (χ3v) is 2.18. The van der Waals surface area contributed by atoms with E-state index < -0.39 is 0 Å². The first-order valence-electron chi connectivity index (χ1n) is 4.85. The van der Waals surface area contributed by atoms with Crippen LogP contribution in [0.3, 0.4) is 0 Å². The summed E-state index contributed by atoms with van der Waals surface area (Å²) in [6.07, 6.45) is 1.81. The zero-order valence-corrected chi connectivity index (χ0v) is 9.20. The molecule has 2 aromatic rings. The van der Waals surface area contributed by atoms with Crippen molar-refractivity contribution in [2.24, 2.45) is 0 Å². The average molecular weight is 222 g/mol. The van der Waals surface area contributed by atoms with Crippen molar-refractivity contribution in [3.63, 3.8) is 0 Å². The lowest BCUT2D eigenvalue weighted by Gasteiger charge is -2.06. The van der Waals surface area contributed by atoms with Gasteiger partial charge in [-0.05, 0) is 13.0 Å². The molecule has 0 saturated carbocycles. The van der Waals surface area contributed by atoms with Gasteiger partial charge in [0, 0.05) is 23.5 Å². The molecule has 1 atom stereocenters. The quantitative estimate of drug-likeness (QED) is 0.810. The molecule has 1 heterocycles. The van der Waals surface area contributed by atoms with Crippen molar-refractivity contribution >= 4 is 28.5 Å². The minimum atomic E-state index is 0.0695. The molecule has 1 aromatic heterocycles. The van der Waals surface area contributed by atoms with Gasteiger partial charge in [0.05, 0.1) is 5.52 Å². The number of para-hydroxylation sites is 1. The lowest BCUT2D eigenvalue weighted by Crippen LogP contribution is -2.12. The molecule has 1 aromatic carbocycles. The third kappa shape index (κ3) is 2.57. The van der Waals surface area contributed by atoms with Crippen molar-refractivity contribution in [2.75, 3.05) is 11.9 Å². The van der Waals surface area contributed by atoms with Crippen LogP contribution in [-0.4, -0.2) is 21.9 Å². The molecule has 0 saturated heterocycles. The van der Waals surface area contributed by atoms with Gasteiger partial charge in [-0.15, -0.1) is 11.6 Å². The molecule has 1 unspecified atom stereocenters. The van der Waals surface area contributed by atoms with E-state index in [2.05, 4.69) is 15.3 Å². The summed E-state index contributed by atoms with van der Waals surface area (Å²) in [4.78, 5) is 8.56. The Kier molecular flexibility index (Phi) is 3.02. The molecule has 3 nitrogen and oxygen atoms in total. The van der Waals surface area contributed by atoms with E-state index in [0.29, 0.717) is 12.5 Å². The Hall–Kier alpha value is -1.35. The summed E-state index contributed by atoms with van der Waals surface area (Å²) in [5.41, 5.74) is 0.942. The highest BCUT2D eigenvalue weighted by Gasteiger charge is 2.00. The Bertz CT molecular complexity index is 456. The van der Waals surface area contributed by atoms with E-state index >= 15 is 0 Å². The minimum absolute atomic E-state index is 0.0695. The lowest BCUT2D eigenvalue weighted by atomic mass is 10.2. The van der Waals surface area contributed by atoms with E-state index in [9.17, 15) is 0 Å². The van der Waals surface area contributed by atoms with Gasteiger partial charge in [0.2, 0.25) is 5.95 Å². The van der Waals surface area contributed by atoms with E-state index in [1.807, 2.05) is 37.4 Å². The Morgan fingerprint density at radius 2 is 2.20 bits per heavy atom. The molecule has 0 amide bonds. The molecule has 2 rings (SSSR count). The standard InChI is InChI=1S/C11H12ClN3/c1-8(12)6-13-11-14-7-9-4-2-3-5-10(9)15-11/h2-5,7-8H,6H2,1H3,(H,13,14,15). The topological polar surface area (TPSA) is 37.8 Å². The largest absolute Gasteiger partial charge is 0.353 e. The van der Waals surface area contributed by atoms with Crippen LogP contribution in [0, 0.1) is 0 Å². The monoisotopic (exact) mass is 221 g/mol. The van der Waals surface area contributed by atoms with Crippen LogP contribution < -0.4 is 5.32 Å². The van der Waals surface area contributed by atoms with Crippen LogP contribution >= 0.6 is 11.6 Å². The molecule has 0 spiro atoms. The molecular weight excluding hydrogens is 210 g/mol. The highest BCUT2D eigenvalue weighted by atomic mass is 35.5. The van der Waals surface area contributed by atoms with E-state index in [-0.39, 0.29) is 5.38 Å². The minimum Gasteiger partial charge on any atom is -0.353 e. The SMILES string of the molecule is CC(Cl)CNc1ncc2ccccc2n1. The molecule has 78 valence electrons. The molecule has 0 bridgehead atoms. The smallest absolute Gasteiger partial charge is 0.223 e. The van der Waals surface area contributed by atoms with Crippen LogP contribution in [0.5, 0.6) is 0 Å². The number of hydrogen-bond acceptors (Lipinski definition) is 3. The van der Waals surface area contributed by atoms with E-state index in [4.69, 9.17) is 11.6 Å². The molecule has 0 radical (unpaired) electrons. The highest BCUT2D eigenvalue weighted by molar-refractivity contribution is 6.20. The fourth-order valence-electron chi connectivity index (χ4n) is 1.29.